The Bertz CT molecular complexity index is 599. The van der Waals surface area contributed by atoms with Crippen molar-refractivity contribution < 1.29 is 0 Å². The Morgan fingerprint density at radius 2 is 1.76 bits per heavy atom. The molecule has 0 aliphatic carbocycles. The predicted molar refractivity (Wildman–Crippen MR) is 92.7 cm³/mol. The van der Waals surface area contributed by atoms with Gasteiger partial charge in [0.25, 0.3) is 0 Å². The van der Waals surface area contributed by atoms with Gasteiger partial charge in [0.15, 0.2) is 0 Å². The van der Waals surface area contributed by atoms with Gasteiger partial charge in [-0.3, -0.25) is 4.98 Å². The Labute approximate surface area is 136 Å². The summed E-state index contributed by atoms with van der Waals surface area (Å²) in [4.78, 5) is 4.30. The van der Waals surface area contributed by atoms with Gasteiger partial charge in [0.05, 0.1) is 0 Å². The molecule has 3 heteroatoms. The van der Waals surface area contributed by atoms with Crippen molar-refractivity contribution in [3.05, 3.63) is 62.9 Å². The zero-order valence-corrected chi connectivity index (χ0v) is 14.8. The van der Waals surface area contributed by atoms with E-state index in [1.165, 1.54) is 27.8 Å². The number of benzene rings is 1. The van der Waals surface area contributed by atoms with E-state index in [1.807, 2.05) is 12.4 Å². The van der Waals surface area contributed by atoms with Crippen LogP contribution in [0.1, 0.15) is 40.8 Å². The highest BCUT2D eigenvalue weighted by Crippen LogP contribution is 2.25. The zero-order valence-electron chi connectivity index (χ0n) is 13.2. The Hall–Kier alpha value is -1.19. The summed E-state index contributed by atoms with van der Waals surface area (Å²) in [6.45, 7) is 9.66. The second-order valence-electron chi connectivity index (χ2n) is 5.63. The SMILES string of the molecule is CCNC(Cc1c(C)cc(C)cc1C)c1cncc(Br)c1. The molecule has 1 aromatic heterocycles. The molecule has 1 heterocycles. The second kappa shape index (κ2) is 7.19. The Morgan fingerprint density at radius 3 is 2.33 bits per heavy atom. The van der Waals surface area contributed by atoms with E-state index < -0.39 is 0 Å². The normalized spacial score (nSPS) is 12.4. The van der Waals surface area contributed by atoms with Gasteiger partial charge in [-0.2, -0.15) is 0 Å². The third-order valence-electron chi connectivity index (χ3n) is 3.83. The van der Waals surface area contributed by atoms with Crippen molar-refractivity contribution in [2.45, 2.75) is 40.2 Å². The highest BCUT2D eigenvalue weighted by atomic mass is 79.9. The smallest absolute Gasteiger partial charge is 0.0410 e. The monoisotopic (exact) mass is 346 g/mol. The maximum atomic E-state index is 4.30. The lowest BCUT2D eigenvalue weighted by atomic mass is 9.92. The second-order valence-corrected chi connectivity index (χ2v) is 6.54. The summed E-state index contributed by atoms with van der Waals surface area (Å²) in [5, 5.41) is 3.58. The third-order valence-corrected chi connectivity index (χ3v) is 4.26. The zero-order chi connectivity index (χ0) is 15.4. The average Bonchev–Trinajstić information content (AvgIpc) is 2.41. The fourth-order valence-corrected chi connectivity index (χ4v) is 3.29. The lowest BCUT2D eigenvalue weighted by molar-refractivity contribution is 0.545. The first-order valence-electron chi connectivity index (χ1n) is 7.41. The van der Waals surface area contributed by atoms with Crippen LogP contribution in [0.25, 0.3) is 0 Å². The molecule has 1 aromatic carbocycles. The van der Waals surface area contributed by atoms with Crippen LogP contribution in [0.15, 0.2) is 35.1 Å². The number of hydrogen-bond acceptors (Lipinski definition) is 2. The van der Waals surface area contributed by atoms with Crippen LogP contribution in [-0.2, 0) is 6.42 Å². The molecule has 0 saturated carbocycles. The standard InChI is InChI=1S/C18H23BrN2/c1-5-21-18(15-8-16(19)11-20-10-15)9-17-13(3)6-12(2)7-14(17)4/h6-8,10-11,18,21H,5,9H2,1-4H3. The molecule has 2 aromatic rings. The fourth-order valence-electron chi connectivity index (χ4n) is 2.91. The minimum atomic E-state index is 0.292. The van der Waals surface area contributed by atoms with E-state index in [0.29, 0.717) is 6.04 Å². The molecule has 2 rings (SSSR count). The minimum absolute atomic E-state index is 0.292. The first-order chi connectivity index (χ1) is 10.0. The summed E-state index contributed by atoms with van der Waals surface area (Å²) in [6.07, 6.45) is 4.77. The first-order valence-corrected chi connectivity index (χ1v) is 8.21. The van der Waals surface area contributed by atoms with Gasteiger partial charge in [-0.1, -0.05) is 24.6 Å². The summed E-state index contributed by atoms with van der Waals surface area (Å²) < 4.78 is 1.03. The van der Waals surface area contributed by atoms with Crippen LogP contribution in [0.5, 0.6) is 0 Å². The van der Waals surface area contributed by atoms with E-state index >= 15 is 0 Å². The molecule has 0 radical (unpaired) electrons. The maximum Gasteiger partial charge on any atom is 0.0410 e. The summed E-state index contributed by atoms with van der Waals surface area (Å²) in [5.41, 5.74) is 6.74. The number of aromatic nitrogens is 1. The van der Waals surface area contributed by atoms with Gasteiger partial charge < -0.3 is 5.32 Å². The van der Waals surface area contributed by atoms with Crippen molar-refractivity contribution in [2.75, 3.05) is 6.54 Å². The van der Waals surface area contributed by atoms with Crippen molar-refractivity contribution in [3.63, 3.8) is 0 Å². The summed E-state index contributed by atoms with van der Waals surface area (Å²) in [5.74, 6) is 0. The van der Waals surface area contributed by atoms with Crippen LogP contribution in [0.2, 0.25) is 0 Å². The van der Waals surface area contributed by atoms with E-state index in [-0.39, 0.29) is 0 Å². The maximum absolute atomic E-state index is 4.30. The summed E-state index contributed by atoms with van der Waals surface area (Å²) in [7, 11) is 0. The molecule has 21 heavy (non-hydrogen) atoms. The number of halogens is 1. The van der Waals surface area contributed by atoms with Gasteiger partial charge in [0.2, 0.25) is 0 Å². The molecule has 0 bridgehead atoms. The van der Waals surface area contributed by atoms with Gasteiger partial charge in [-0.05, 0) is 78.0 Å². The highest BCUT2D eigenvalue weighted by Gasteiger charge is 2.15. The van der Waals surface area contributed by atoms with Crippen LogP contribution in [0.4, 0.5) is 0 Å². The van der Waals surface area contributed by atoms with E-state index in [1.54, 1.807) is 0 Å². The average molecular weight is 347 g/mol. The van der Waals surface area contributed by atoms with Crippen molar-refractivity contribution in [3.8, 4) is 0 Å². The first kappa shape index (κ1) is 16.2. The van der Waals surface area contributed by atoms with E-state index in [0.717, 1.165) is 17.4 Å². The Balaban J connectivity index is 2.33. The number of rotatable bonds is 5. The number of nitrogens with zero attached hydrogens (tertiary/aromatic N) is 1. The van der Waals surface area contributed by atoms with Crippen molar-refractivity contribution in [1.82, 2.24) is 10.3 Å². The molecule has 0 aliphatic rings. The number of nitrogens with one attached hydrogen (secondary N) is 1. The molecular weight excluding hydrogens is 324 g/mol. The minimum Gasteiger partial charge on any atom is -0.310 e. The molecule has 0 spiro atoms. The van der Waals surface area contributed by atoms with Gasteiger partial charge in [-0.15, -0.1) is 0 Å². The molecule has 1 unspecified atom stereocenters. The molecule has 1 N–H and O–H groups in total. The predicted octanol–water partition coefficient (Wildman–Crippen LogP) is 4.66. The summed E-state index contributed by atoms with van der Waals surface area (Å²) in [6, 6.07) is 6.98. The molecule has 0 aliphatic heterocycles. The van der Waals surface area contributed by atoms with E-state index in [4.69, 9.17) is 0 Å². The van der Waals surface area contributed by atoms with Gasteiger partial charge in [0, 0.05) is 22.9 Å². The lowest BCUT2D eigenvalue weighted by Crippen LogP contribution is -2.23. The number of likely N-dealkylation sites (N-methyl/N-ethyl adjacent to an activating group) is 1. The lowest BCUT2D eigenvalue weighted by Gasteiger charge is -2.21. The van der Waals surface area contributed by atoms with Crippen LogP contribution in [0.3, 0.4) is 0 Å². The molecule has 2 nitrogen and oxygen atoms in total. The van der Waals surface area contributed by atoms with Crippen LogP contribution in [0, 0.1) is 20.8 Å². The molecule has 112 valence electrons. The largest absolute Gasteiger partial charge is 0.310 e. The van der Waals surface area contributed by atoms with Crippen molar-refractivity contribution in [2.24, 2.45) is 0 Å². The van der Waals surface area contributed by atoms with Gasteiger partial charge in [-0.25, -0.2) is 0 Å². The Morgan fingerprint density at radius 1 is 1.10 bits per heavy atom. The number of hydrogen-bond donors (Lipinski definition) is 1. The number of pyridine rings is 1. The highest BCUT2D eigenvalue weighted by molar-refractivity contribution is 9.10. The molecule has 0 fully saturated rings. The molecular formula is C18H23BrN2. The van der Waals surface area contributed by atoms with E-state index in [2.05, 4.69) is 72.1 Å². The van der Waals surface area contributed by atoms with Crippen molar-refractivity contribution >= 4 is 15.9 Å². The third kappa shape index (κ3) is 4.14. The topological polar surface area (TPSA) is 24.9 Å². The quantitative estimate of drug-likeness (QED) is 0.851. The Kier molecular flexibility index (Phi) is 5.54. The van der Waals surface area contributed by atoms with Crippen LogP contribution in [-0.4, -0.2) is 11.5 Å². The summed E-state index contributed by atoms with van der Waals surface area (Å²) >= 11 is 3.52. The van der Waals surface area contributed by atoms with Gasteiger partial charge in [0.1, 0.15) is 0 Å². The van der Waals surface area contributed by atoms with Crippen LogP contribution < -0.4 is 5.32 Å². The van der Waals surface area contributed by atoms with Crippen molar-refractivity contribution in [1.29, 1.82) is 0 Å². The van der Waals surface area contributed by atoms with E-state index in [9.17, 15) is 0 Å². The fraction of sp³-hybridized carbons (Fsp3) is 0.389. The molecule has 0 saturated heterocycles. The van der Waals surface area contributed by atoms with Gasteiger partial charge >= 0.3 is 0 Å². The number of aryl methyl sites for hydroxylation is 3. The van der Waals surface area contributed by atoms with Crippen LogP contribution >= 0.6 is 15.9 Å². The molecule has 0 amide bonds. The molecule has 1 atom stereocenters.